The topological polar surface area (TPSA) is 86.7 Å². The number of carbonyl (C=O) groups excluding carboxylic acids is 4. The van der Waals surface area contributed by atoms with E-state index in [1.165, 1.54) is 34.8 Å². The number of fused-ring (bicyclic) bond motifs is 11. The first-order chi connectivity index (χ1) is 25.5. The van der Waals surface area contributed by atoms with Crippen molar-refractivity contribution in [2.45, 2.75) is 38.9 Å². The average Bonchev–Trinajstić information content (AvgIpc) is 3.90. The fourth-order valence-electron chi connectivity index (χ4n) is 7.72. The van der Waals surface area contributed by atoms with Crippen molar-refractivity contribution in [3.05, 3.63) is 103 Å². The highest BCUT2D eigenvalue weighted by Crippen LogP contribution is 2.63. The Hall–Kier alpha value is -5.02. The molecule has 0 unspecified atom stereocenters. The molecule has 2 aliphatic heterocycles. The highest BCUT2D eigenvalue weighted by Gasteiger charge is 2.45. The summed E-state index contributed by atoms with van der Waals surface area (Å²) in [5, 5.41) is 0. The Morgan fingerprint density at radius 1 is 0.519 bits per heavy atom. The molecule has 0 radical (unpaired) electrons. The standard InChI is InChI=1S/C40H20F4O6S4/c1-39(2)27-35(33-23(49-39)11-15(51-33)9-19-17-5-13(41)7-21(43)25(17)31(47)29(19)45)53-38-28-36(54-37(27)38)34-24(50-40(28,3)4)12-16(52-34)10-20-18-6-14(42)8-22(44)26(18)32(48)30(20)46/h5-12H,1-4H3/b19-9-,20-10-. The maximum atomic E-state index is 14.5. The Balaban J connectivity index is 1.09. The van der Waals surface area contributed by atoms with Gasteiger partial charge in [-0.2, -0.15) is 0 Å². The molecule has 14 heteroatoms. The fraction of sp³-hybridized carbons (Fsp3) is 0.150. The van der Waals surface area contributed by atoms with E-state index >= 15 is 0 Å². The van der Waals surface area contributed by atoms with Gasteiger partial charge in [0.25, 0.3) is 0 Å². The highest BCUT2D eigenvalue weighted by molar-refractivity contribution is 7.34. The lowest BCUT2D eigenvalue weighted by Gasteiger charge is -2.31. The molecule has 6 nitrogen and oxygen atoms in total. The van der Waals surface area contributed by atoms with E-state index in [9.17, 15) is 36.7 Å². The predicted octanol–water partition coefficient (Wildman–Crippen LogP) is 10.8. The summed E-state index contributed by atoms with van der Waals surface area (Å²) < 4.78 is 72.5. The smallest absolute Gasteiger partial charge is 0.237 e. The van der Waals surface area contributed by atoms with Crippen LogP contribution in [0, 0.1) is 23.3 Å². The van der Waals surface area contributed by atoms with E-state index in [1.807, 2.05) is 27.7 Å². The molecule has 2 aromatic carbocycles. The number of ketones is 4. The molecule has 4 aliphatic rings. The lowest BCUT2D eigenvalue weighted by atomic mass is 9.92. The van der Waals surface area contributed by atoms with Crippen LogP contribution < -0.4 is 9.47 Å². The van der Waals surface area contributed by atoms with Gasteiger partial charge in [0.2, 0.25) is 23.1 Å². The second-order valence-corrected chi connectivity index (χ2v) is 18.4. The first kappa shape index (κ1) is 33.5. The Kier molecular flexibility index (Phi) is 6.71. The third kappa shape index (κ3) is 4.48. The van der Waals surface area contributed by atoms with E-state index < -0.39 is 68.7 Å². The van der Waals surface area contributed by atoms with Crippen LogP contribution in [0.25, 0.3) is 52.2 Å². The summed E-state index contributed by atoms with van der Waals surface area (Å²) in [6, 6.07) is 6.69. The monoisotopic (exact) mass is 800 g/mol. The summed E-state index contributed by atoms with van der Waals surface area (Å²) in [7, 11) is 0. The van der Waals surface area contributed by atoms with E-state index in [0.717, 1.165) is 52.2 Å². The van der Waals surface area contributed by atoms with Gasteiger partial charge in [0.15, 0.2) is 0 Å². The van der Waals surface area contributed by atoms with Crippen molar-refractivity contribution < 1.29 is 46.2 Å². The second kappa shape index (κ2) is 10.8. The zero-order chi connectivity index (χ0) is 37.9. The molecule has 0 atom stereocenters. The van der Waals surface area contributed by atoms with E-state index in [-0.39, 0.29) is 22.3 Å². The van der Waals surface area contributed by atoms with Gasteiger partial charge in [-0.05, 0) is 64.1 Å². The molecule has 0 fully saturated rings. The van der Waals surface area contributed by atoms with E-state index in [1.54, 1.807) is 34.8 Å². The SMILES string of the molecule is CC1(C)Oc2cc(/C=C3\C(=O)C(=O)c4c(F)cc(F)cc43)sc2-c2sc3c4c(sc3c21)-c1sc(/C=C2\C(=O)C(=O)c3c(F)cc(F)cc32)cc1OC4(C)C. The molecule has 0 saturated carbocycles. The summed E-state index contributed by atoms with van der Waals surface area (Å²) >= 11 is 5.84. The minimum absolute atomic E-state index is 0.0791. The van der Waals surface area contributed by atoms with Crippen LogP contribution in [0.5, 0.6) is 11.5 Å². The molecular formula is C40H20F4O6S4. The lowest BCUT2D eigenvalue weighted by Crippen LogP contribution is -2.27. The van der Waals surface area contributed by atoms with Crippen molar-refractivity contribution in [2.24, 2.45) is 0 Å². The molecule has 268 valence electrons. The third-order valence-electron chi connectivity index (χ3n) is 9.92. The first-order valence-electron chi connectivity index (χ1n) is 16.4. The van der Waals surface area contributed by atoms with Crippen LogP contribution in [-0.4, -0.2) is 23.1 Å². The fourth-order valence-corrected chi connectivity index (χ4v) is 13.5. The number of rotatable bonds is 2. The summed E-state index contributed by atoms with van der Waals surface area (Å²) in [5.41, 5.74) is -0.869. The van der Waals surface area contributed by atoms with Gasteiger partial charge >= 0.3 is 0 Å². The molecule has 0 saturated heterocycles. The van der Waals surface area contributed by atoms with Crippen LogP contribution in [0.1, 0.15) is 80.4 Å². The van der Waals surface area contributed by atoms with E-state index in [2.05, 4.69) is 0 Å². The predicted molar refractivity (Wildman–Crippen MR) is 201 cm³/mol. The van der Waals surface area contributed by atoms with Crippen LogP contribution in [-0.2, 0) is 20.8 Å². The van der Waals surface area contributed by atoms with Crippen molar-refractivity contribution in [2.75, 3.05) is 0 Å². The lowest BCUT2D eigenvalue weighted by molar-refractivity contribution is -0.110. The van der Waals surface area contributed by atoms with Crippen molar-refractivity contribution >= 4 is 101 Å². The van der Waals surface area contributed by atoms with E-state index in [4.69, 9.17) is 9.47 Å². The van der Waals surface area contributed by atoms with Crippen molar-refractivity contribution in [3.63, 3.8) is 0 Å². The zero-order valence-corrected chi connectivity index (χ0v) is 31.5. The van der Waals surface area contributed by atoms with Gasteiger partial charge in [0.05, 0.1) is 40.0 Å². The van der Waals surface area contributed by atoms with Gasteiger partial charge in [-0.15, -0.1) is 45.3 Å². The van der Waals surface area contributed by atoms with Gasteiger partial charge in [0.1, 0.15) is 46.0 Å². The maximum Gasteiger partial charge on any atom is 0.237 e. The van der Waals surface area contributed by atoms with Crippen molar-refractivity contribution in [3.8, 4) is 31.0 Å². The van der Waals surface area contributed by atoms with Gasteiger partial charge in [-0.25, -0.2) is 17.6 Å². The summed E-state index contributed by atoms with van der Waals surface area (Å²) in [6.07, 6.45) is 2.95. The molecule has 0 N–H and O–H groups in total. The highest BCUT2D eigenvalue weighted by atomic mass is 32.1. The maximum absolute atomic E-state index is 14.5. The zero-order valence-electron chi connectivity index (χ0n) is 28.2. The van der Waals surface area contributed by atoms with Crippen LogP contribution in [0.15, 0.2) is 36.4 Å². The molecule has 6 heterocycles. The third-order valence-corrected chi connectivity index (χ3v) is 14.9. The molecule has 6 aromatic rings. The number of hydrogen-bond acceptors (Lipinski definition) is 10. The molecule has 0 amide bonds. The Labute approximate surface area is 318 Å². The molecule has 10 rings (SSSR count). The van der Waals surface area contributed by atoms with Gasteiger partial charge in [-0.1, -0.05) is 0 Å². The number of benzene rings is 2. The number of Topliss-reactive ketones (excluding diaryl/α,β-unsaturated/α-hetero) is 4. The molecule has 2 aliphatic carbocycles. The molecule has 0 bridgehead atoms. The van der Waals surface area contributed by atoms with Crippen molar-refractivity contribution in [1.29, 1.82) is 0 Å². The Morgan fingerprint density at radius 2 is 0.907 bits per heavy atom. The van der Waals surface area contributed by atoms with Gasteiger partial charge in [0, 0.05) is 55.3 Å². The molecule has 54 heavy (non-hydrogen) atoms. The number of halogens is 4. The quantitative estimate of drug-likeness (QED) is 0.0985. The number of carbonyl (C=O) groups is 4. The van der Waals surface area contributed by atoms with Crippen LogP contribution in [0.4, 0.5) is 17.6 Å². The second-order valence-electron chi connectivity index (χ2n) is 14.2. The number of ether oxygens (including phenoxy) is 2. The summed E-state index contributed by atoms with van der Waals surface area (Å²) in [5.74, 6) is -6.64. The molecular weight excluding hydrogens is 781 g/mol. The van der Waals surface area contributed by atoms with Gasteiger partial charge < -0.3 is 9.47 Å². The van der Waals surface area contributed by atoms with Gasteiger partial charge in [-0.3, -0.25) is 19.2 Å². The van der Waals surface area contributed by atoms with Crippen LogP contribution in [0.2, 0.25) is 0 Å². The number of hydrogen-bond donors (Lipinski definition) is 0. The largest absolute Gasteiger partial charge is 0.481 e. The summed E-state index contributed by atoms with van der Waals surface area (Å²) in [4.78, 5) is 55.8. The molecule has 4 aromatic heterocycles. The summed E-state index contributed by atoms with van der Waals surface area (Å²) in [6.45, 7) is 7.84. The van der Waals surface area contributed by atoms with E-state index in [0.29, 0.717) is 33.4 Å². The van der Waals surface area contributed by atoms with Crippen molar-refractivity contribution in [1.82, 2.24) is 0 Å². The minimum Gasteiger partial charge on any atom is -0.481 e. The average molecular weight is 801 g/mol. The number of thiophene rings is 4. The normalized spacial score (nSPS) is 18.8. The number of allylic oxidation sites excluding steroid dienone is 2. The van der Waals surface area contributed by atoms with Crippen LogP contribution in [0.3, 0.4) is 0 Å². The minimum atomic E-state index is -1.08. The molecule has 0 spiro atoms. The first-order valence-corrected chi connectivity index (χ1v) is 19.7. The Morgan fingerprint density at radius 3 is 1.30 bits per heavy atom. The van der Waals surface area contributed by atoms with Crippen LogP contribution >= 0.6 is 45.3 Å². The Bertz CT molecular complexity index is 2720.